The molecule has 0 aromatic rings. The first kappa shape index (κ1) is 12.7. The van der Waals surface area contributed by atoms with Gasteiger partial charge in [-0.15, -0.1) is 0 Å². The van der Waals surface area contributed by atoms with Crippen molar-refractivity contribution in [2.45, 2.75) is 38.4 Å². The fraction of sp³-hybridized carbons (Fsp3) is 0.727. The van der Waals surface area contributed by atoms with Crippen LogP contribution in [0.1, 0.15) is 27.2 Å². The van der Waals surface area contributed by atoms with Gasteiger partial charge in [0, 0.05) is 6.42 Å². The molecule has 2 rings (SSSR count). The topological polar surface area (TPSA) is 88.4 Å². The van der Waals surface area contributed by atoms with Crippen LogP contribution in [0.15, 0.2) is 5.16 Å². The van der Waals surface area contributed by atoms with Crippen LogP contribution in [0.3, 0.4) is 0 Å². The highest BCUT2D eigenvalue weighted by molar-refractivity contribution is 6.36. The van der Waals surface area contributed by atoms with Crippen LogP contribution < -0.4 is 0 Å². The van der Waals surface area contributed by atoms with Gasteiger partial charge < -0.3 is 14.7 Å². The standard InChI is InChI=1S/C11H16N2O5/c1-10(2,3)17-9(16)13-5-11(6-13)4-7(8(14)15)12-18-11/h4-6H2,1-3H3,(H,14,15). The zero-order chi connectivity index (χ0) is 13.6. The SMILES string of the molecule is CC(C)(C)OC(=O)N1CC2(CC(C(=O)O)=NO2)C1. The van der Waals surface area contributed by atoms with Gasteiger partial charge in [-0.3, -0.25) is 4.90 Å². The number of carbonyl (C=O) groups is 2. The van der Waals surface area contributed by atoms with Crippen molar-refractivity contribution in [1.29, 1.82) is 0 Å². The highest BCUT2D eigenvalue weighted by Crippen LogP contribution is 2.34. The number of aliphatic carboxylic acids is 1. The van der Waals surface area contributed by atoms with Gasteiger partial charge in [-0.1, -0.05) is 5.16 Å². The van der Waals surface area contributed by atoms with E-state index in [4.69, 9.17) is 14.7 Å². The molecule has 7 heteroatoms. The van der Waals surface area contributed by atoms with E-state index in [1.54, 1.807) is 20.8 Å². The Balaban J connectivity index is 1.85. The van der Waals surface area contributed by atoms with Crippen LogP contribution in [0.2, 0.25) is 0 Å². The van der Waals surface area contributed by atoms with Crippen molar-refractivity contribution in [3.05, 3.63) is 0 Å². The van der Waals surface area contributed by atoms with E-state index in [9.17, 15) is 9.59 Å². The van der Waals surface area contributed by atoms with Gasteiger partial charge >= 0.3 is 12.1 Å². The van der Waals surface area contributed by atoms with Crippen LogP contribution >= 0.6 is 0 Å². The van der Waals surface area contributed by atoms with Crippen LogP contribution in [-0.4, -0.2) is 52.1 Å². The second-order valence-electron chi connectivity index (χ2n) is 5.63. The molecule has 1 amide bonds. The van der Waals surface area contributed by atoms with E-state index >= 15 is 0 Å². The second-order valence-corrected chi connectivity index (χ2v) is 5.63. The lowest BCUT2D eigenvalue weighted by molar-refractivity contribution is -0.129. The Morgan fingerprint density at radius 1 is 1.44 bits per heavy atom. The third-order valence-electron chi connectivity index (χ3n) is 2.70. The second kappa shape index (κ2) is 3.86. The third-order valence-corrected chi connectivity index (χ3v) is 2.70. The van der Waals surface area contributed by atoms with Crippen LogP contribution in [0.5, 0.6) is 0 Å². The molecular weight excluding hydrogens is 240 g/mol. The highest BCUT2D eigenvalue weighted by atomic mass is 16.7. The van der Waals surface area contributed by atoms with Crippen molar-refractivity contribution in [1.82, 2.24) is 4.90 Å². The first-order chi connectivity index (χ1) is 8.21. The molecule has 0 atom stereocenters. The largest absolute Gasteiger partial charge is 0.477 e. The lowest BCUT2D eigenvalue weighted by Crippen LogP contribution is -2.64. The summed E-state index contributed by atoms with van der Waals surface area (Å²) >= 11 is 0. The molecule has 0 radical (unpaired) electrons. The molecule has 0 bridgehead atoms. The van der Waals surface area contributed by atoms with E-state index < -0.39 is 23.3 Å². The van der Waals surface area contributed by atoms with E-state index in [1.165, 1.54) is 4.90 Å². The van der Waals surface area contributed by atoms with Gasteiger partial charge in [0.1, 0.15) is 5.60 Å². The maximum atomic E-state index is 11.7. The Bertz CT molecular complexity index is 418. The monoisotopic (exact) mass is 256 g/mol. The number of carboxylic acids is 1. The van der Waals surface area contributed by atoms with Gasteiger partial charge in [-0.25, -0.2) is 9.59 Å². The predicted octanol–water partition coefficient (Wildman–Crippen LogP) is 0.837. The molecule has 100 valence electrons. The molecule has 1 saturated heterocycles. The first-order valence-electron chi connectivity index (χ1n) is 5.67. The average molecular weight is 256 g/mol. The quantitative estimate of drug-likeness (QED) is 0.750. The minimum Gasteiger partial charge on any atom is -0.477 e. The van der Waals surface area contributed by atoms with E-state index in [-0.39, 0.29) is 12.1 Å². The number of oxime groups is 1. The summed E-state index contributed by atoms with van der Waals surface area (Å²) in [4.78, 5) is 29.0. The summed E-state index contributed by atoms with van der Waals surface area (Å²) in [6.07, 6.45) is -0.192. The van der Waals surface area contributed by atoms with Gasteiger partial charge in [0.05, 0.1) is 13.1 Å². The first-order valence-corrected chi connectivity index (χ1v) is 5.67. The molecule has 0 aliphatic carbocycles. The van der Waals surface area contributed by atoms with Crippen molar-refractivity contribution in [2.24, 2.45) is 5.16 Å². The smallest absolute Gasteiger partial charge is 0.410 e. The van der Waals surface area contributed by atoms with Crippen molar-refractivity contribution in [3.8, 4) is 0 Å². The molecule has 0 unspecified atom stereocenters. The molecule has 2 heterocycles. The van der Waals surface area contributed by atoms with Gasteiger partial charge in [0.25, 0.3) is 0 Å². The van der Waals surface area contributed by atoms with Crippen LogP contribution in [-0.2, 0) is 14.4 Å². The van der Waals surface area contributed by atoms with Crippen molar-refractivity contribution in [2.75, 3.05) is 13.1 Å². The Kier molecular flexibility index (Phi) is 2.71. The van der Waals surface area contributed by atoms with Crippen LogP contribution in [0.4, 0.5) is 4.79 Å². The Labute approximate surface area is 104 Å². The number of hydrogen-bond acceptors (Lipinski definition) is 5. The van der Waals surface area contributed by atoms with E-state index in [0.717, 1.165) is 0 Å². The van der Waals surface area contributed by atoms with Gasteiger partial charge in [0.2, 0.25) is 0 Å². The number of carbonyl (C=O) groups excluding carboxylic acids is 1. The van der Waals surface area contributed by atoms with Crippen molar-refractivity contribution < 1.29 is 24.3 Å². The summed E-state index contributed by atoms with van der Waals surface area (Å²) in [6, 6.07) is 0. The van der Waals surface area contributed by atoms with Crippen LogP contribution in [0, 0.1) is 0 Å². The van der Waals surface area contributed by atoms with Crippen LogP contribution in [0.25, 0.3) is 0 Å². The summed E-state index contributed by atoms with van der Waals surface area (Å²) < 4.78 is 5.20. The van der Waals surface area contributed by atoms with Crippen molar-refractivity contribution >= 4 is 17.8 Å². The molecule has 0 aromatic heterocycles. The summed E-state index contributed by atoms with van der Waals surface area (Å²) in [5, 5.41) is 12.3. The lowest BCUT2D eigenvalue weighted by atomic mass is 9.89. The minimum absolute atomic E-state index is 0.00108. The Morgan fingerprint density at radius 3 is 2.50 bits per heavy atom. The number of ether oxygens (including phenoxy) is 1. The fourth-order valence-corrected chi connectivity index (χ4v) is 1.91. The molecule has 7 nitrogen and oxygen atoms in total. The zero-order valence-corrected chi connectivity index (χ0v) is 10.6. The maximum Gasteiger partial charge on any atom is 0.410 e. The number of rotatable bonds is 1. The number of nitrogens with zero attached hydrogens (tertiary/aromatic N) is 2. The minimum atomic E-state index is -1.08. The van der Waals surface area contributed by atoms with E-state index in [2.05, 4.69) is 5.16 Å². The number of carboxylic acid groups (broad SMARTS) is 1. The molecule has 2 aliphatic heterocycles. The molecule has 1 fully saturated rings. The summed E-state index contributed by atoms with van der Waals surface area (Å²) in [5.74, 6) is -1.08. The molecular formula is C11H16N2O5. The summed E-state index contributed by atoms with van der Waals surface area (Å²) in [5.41, 5.74) is -1.21. The Hall–Kier alpha value is -1.79. The van der Waals surface area contributed by atoms with Gasteiger partial charge in [0.15, 0.2) is 11.3 Å². The zero-order valence-electron chi connectivity index (χ0n) is 10.6. The van der Waals surface area contributed by atoms with Crippen molar-refractivity contribution in [3.63, 3.8) is 0 Å². The Morgan fingerprint density at radius 2 is 2.06 bits per heavy atom. The maximum absolute atomic E-state index is 11.7. The number of hydrogen-bond donors (Lipinski definition) is 1. The van der Waals surface area contributed by atoms with Gasteiger partial charge in [-0.2, -0.15) is 0 Å². The summed E-state index contributed by atoms with van der Waals surface area (Å²) in [6.45, 7) is 5.99. The molecule has 1 spiro atoms. The molecule has 0 saturated carbocycles. The molecule has 1 N–H and O–H groups in total. The highest BCUT2D eigenvalue weighted by Gasteiger charge is 2.53. The normalized spacial score (nSPS) is 21.1. The van der Waals surface area contributed by atoms with Gasteiger partial charge in [-0.05, 0) is 20.8 Å². The summed E-state index contributed by atoms with van der Waals surface area (Å²) in [7, 11) is 0. The van der Waals surface area contributed by atoms with E-state index in [0.29, 0.717) is 13.1 Å². The molecule has 0 aromatic carbocycles. The average Bonchev–Trinajstić information content (AvgIpc) is 2.56. The molecule has 2 aliphatic rings. The number of likely N-dealkylation sites (tertiary alicyclic amines) is 1. The predicted molar refractivity (Wildman–Crippen MR) is 61.3 cm³/mol. The molecule has 18 heavy (non-hydrogen) atoms. The lowest BCUT2D eigenvalue weighted by Gasteiger charge is -2.45. The third kappa shape index (κ3) is 2.39. The van der Waals surface area contributed by atoms with E-state index in [1.807, 2.05) is 0 Å². The number of amides is 1. The fourth-order valence-electron chi connectivity index (χ4n) is 1.91.